The molecule has 0 amide bonds. The summed E-state index contributed by atoms with van der Waals surface area (Å²) in [4.78, 5) is 1.36. The highest BCUT2D eigenvalue weighted by Crippen LogP contribution is 2.32. The standard InChI is InChI=1S/C8H11Br2NS/c1-2-3-11-5-6-4-7(9)8(10)12-6/h4,11H,2-3,5H2,1H3. The fourth-order valence-electron chi connectivity index (χ4n) is 0.867. The Morgan fingerprint density at radius 1 is 1.50 bits per heavy atom. The molecule has 0 aromatic carbocycles. The van der Waals surface area contributed by atoms with E-state index in [1.54, 1.807) is 11.3 Å². The van der Waals surface area contributed by atoms with E-state index in [0.29, 0.717) is 0 Å². The van der Waals surface area contributed by atoms with Gasteiger partial charge in [0, 0.05) is 15.9 Å². The van der Waals surface area contributed by atoms with Crippen molar-refractivity contribution in [1.82, 2.24) is 5.32 Å². The molecule has 1 N–H and O–H groups in total. The van der Waals surface area contributed by atoms with Crippen LogP contribution in [0.5, 0.6) is 0 Å². The molecule has 0 saturated carbocycles. The molecule has 0 radical (unpaired) electrons. The van der Waals surface area contributed by atoms with Gasteiger partial charge in [-0.3, -0.25) is 0 Å². The second-order valence-corrected chi connectivity index (χ2v) is 5.82. The number of hydrogen-bond donors (Lipinski definition) is 1. The highest BCUT2D eigenvalue weighted by molar-refractivity contribution is 9.13. The topological polar surface area (TPSA) is 12.0 Å². The molecule has 0 fully saturated rings. The van der Waals surface area contributed by atoms with Crippen LogP contribution < -0.4 is 5.32 Å². The number of nitrogens with one attached hydrogen (secondary N) is 1. The summed E-state index contributed by atoms with van der Waals surface area (Å²) in [5.41, 5.74) is 0. The third-order valence-corrected chi connectivity index (χ3v) is 4.68. The van der Waals surface area contributed by atoms with Gasteiger partial charge in [0.05, 0.1) is 3.79 Å². The largest absolute Gasteiger partial charge is 0.312 e. The van der Waals surface area contributed by atoms with Crippen LogP contribution in [0.2, 0.25) is 0 Å². The van der Waals surface area contributed by atoms with Crippen LogP contribution in [0.3, 0.4) is 0 Å². The Morgan fingerprint density at radius 3 is 2.75 bits per heavy atom. The summed E-state index contributed by atoms with van der Waals surface area (Å²) in [5.74, 6) is 0. The first-order chi connectivity index (χ1) is 5.74. The lowest BCUT2D eigenvalue weighted by molar-refractivity contribution is 0.681. The van der Waals surface area contributed by atoms with E-state index in [1.807, 2.05) is 0 Å². The first-order valence-corrected chi connectivity index (χ1v) is 6.28. The zero-order valence-electron chi connectivity index (χ0n) is 6.86. The maximum Gasteiger partial charge on any atom is 0.0843 e. The maximum absolute atomic E-state index is 3.47. The molecular formula is C8H11Br2NS. The normalized spacial score (nSPS) is 10.6. The first kappa shape index (κ1) is 10.7. The Hall–Kier alpha value is 0.620. The Morgan fingerprint density at radius 2 is 2.25 bits per heavy atom. The van der Waals surface area contributed by atoms with Gasteiger partial charge in [-0.05, 0) is 50.9 Å². The van der Waals surface area contributed by atoms with Crippen LogP contribution in [-0.4, -0.2) is 6.54 Å². The molecule has 1 aromatic heterocycles. The Balaban J connectivity index is 2.42. The fraction of sp³-hybridized carbons (Fsp3) is 0.500. The van der Waals surface area contributed by atoms with E-state index < -0.39 is 0 Å². The Bertz CT molecular complexity index is 228. The van der Waals surface area contributed by atoms with E-state index in [1.165, 1.54) is 15.1 Å². The molecule has 0 aliphatic rings. The molecule has 1 aromatic rings. The minimum atomic E-state index is 0.975. The highest BCUT2D eigenvalue weighted by Gasteiger charge is 2.02. The van der Waals surface area contributed by atoms with E-state index in [0.717, 1.165) is 17.6 Å². The predicted molar refractivity (Wildman–Crippen MR) is 61.7 cm³/mol. The van der Waals surface area contributed by atoms with E-state index in [4.69, 9.17) is 0 Å². The van der Waals surface area contributed by atoms with E-state index in [2.05, 4.69) is 50.2 Å². The van der Waals surface area contributed by atoms with Crippen LogP contribution in [-0.2, 0) is 6.54 Å². The summed E-state index contributed by atoms with van der Waals surface area (Å²) in [6.07, 6.45) is 1.19. The zero-order valence-corrected chi connectivity index (χ0v) is 10.9. The molecule has 0 aliphatic carbocycles. The van der Waals surface area contributed by atoms with Crippen LogP contribution in [0.1, 0.15) is 18.2 Å². The van der Waals surface area contributed by atoms with E-state index in [9.17, 15) is 0 Å². The van der Waals surface area contributed by atoms with Crippen molar-refractivity contribution in [2.45, 2.75) is 19.9 Å². The summed E-state index contributed by atoms with van der Waals surface area (Å²) < 4.78 is 2.33. The number of rotatable bonds is 4. The first-order valence-electron chi connectivity index (χ1n) is 3.88. The van der Waals surface area contributed by atoms with Gasteiger partial charge in [-0.2, -0.15) is 0 Å². The van der Waals surface area contributed by atoms with Crippen molar-refractivity contribution in [3.8, 4) is 0 Å². The molecule has 1 nitrogen and oxygen atoms in total. The van der Waals surface area contributed by atoms with Gasteiger partial charge >= 0.3 is 0 Å². The van der Waals surface area contributed by atoms with E-state index in [-0.39, 0.29) is 0 Å². The predicted octanol–water partition coefficient (Wildman–Crippen LogP) is 3.77. The smallest absolute Gasteiger partial charge is 0.0843 e. The third-order valence-electron chi connectivity index (χ3n) is 1.42. The van der Waals surface area contributed by atoms with Crippen molar-refractivity contribution in [1.29, 1.82) is 0 Å². The van der Waals surface area contributed by atoms with Crippen LogP contribution in [0.15, 0.2) is 14.3 Å². The summed E-state index contributed by atoms with van der Waals surface area (Å²) in [6.45, 7) is 4.24. The molecule has 1 heterocycles. The van der Waals surface area contributed by atoms with Crippen LogP contribution >= 0.6 is 43.2 Å². The van der Waals surface area contributed by atoms with Crippen molar-refractivity contribution in [2.24, 2.45) is 0 Å². The summed E-state index contributed by atoms with van der Waals surface area (Å²) in [5, 5.41) is 3.36. The third kappa shape index (κ3) is 3.17. The molecule has 0 aliphatic heterocycles. The van der Waals surface area contributed by atoms with Crippen LogP contribution in [0, 0.1) is 0 Å². The average molecular weight is 313 g/mol. The SMILES string of the molecule is CCCNCc1cc(Br)c(Br)s1. The van der Waals surface area contributed by atoms with Gasteiger partial charge in [0.15, 0.2) is 0 Å². The van der Waals surface area contributed by atoms with Gasteiger partial charge in [0.2, 0.25) is 0 Å². The van der Waals surface area contributed by atoms with Crippen LogP contribution in [0.25, 0.3) is 0 Å². The summed E-state index contributed by atoms with van der Waals surface area (Å²) in [6, 6.07) is 2.15. The van der Waals surface area contributed by atoms with Gasteiger partial charge < -0.3 is 5.32 Å². The molecule has 0 saturated heterocycles. The monoisotopic (exact) mass is 311 g/mol. The fourth-order valence-corrected chi connectivity index (χ4v) is 3.01. The van der Waals surface area contributed by atoms with Gasteiger partial charge in [-0.1, -0.05) is 6.92 Å². The lowest BCUT2D eigenvalue weighted by Crippen LogP contribution is -2.12. The molecule has 68 valence electrons. The summed E-state index contributed by atoms with van der Waals surface area (Å²) in [7, 11) is 0. The maximum atomic E-state index is 3.47. The van der Waals surface area contributed by atoms with Crippen molar-refractivity contribution < 1.29 is 0 Å². The Kier molecular flexibility index (Phi) is 4.79. The number of halogens is 2. The molecule has 0 atom stereocenters. The summed E-state index contributed by atoms with van der Waals surface area (Å²) >= 11 is 8.70. The zero-order chi connectivity index (χ0) is 8.97. The van der Waals surface area contributed by atoms with Gasteiger partial charge in [-0.25, -0.2) is 0 Å². The van der Waals surface area contributed by atoms with E-state index >= 15 is 0 Å². The number of thiophene rings is 1. The van der Waals surface area contributed by atoms with Gasteiger partial charge in [-0.15, -0.1) is 11.3 Å². The van der Waals surface area contributed by atoms with Crippen molar-refractivity contribution >= 4 is 43.2 Å². The van der Waals surface area contributed by atoms with Crippen molar-refractivity contribution in [2.75, 3.05) is 6.54 Å². The van der Waals surface area contributed by atoms with Gasteiger partial charge in [0.1, 0.15) is 0 Å². The quantitative estimate of drug-likeness (QED) is 0.834. The average Bonchev–Trinajstić information content (AvgIpc) is 2.32. The minimum Gasteiger partial charge on any atom is -0.312 e. The van der Waals surface area contributed by atoms with Crippen LogP contribution in [0.4, 0.5) is 0 Å². The molecular weight excluding hydrogens is 302 g/mol. The number of hydrogen-bond acceptors (Lipinski definition) is 2. The molecule has 12 heavy (non-hydrogen) atoms. The molecule has 0 unspecified atom stereocenters. The van der Waals surface area contributed by atoms with Crippen molar-refractivity contribution in [3.05, 3.63) is 19.2 Å². The molecule has 0 spiro atoms. The second-order valence-electron chi connectivity index (χ2n) is 2.51. The Labute approximate surface area is 93.8 Å². The molecule has 0 bridgehead atoms. The minimum absolute atomic E-state index is 0.975. The second kappa shape index (κ2) is 5.37. The molecule has 4 heteroatoms. The lowest BCUT2D eigenvalue weighted by atomic mass is 10.4. The lowest BCUT2D eigenvalue weighted by Gasteiger charge is -1.97. The molecule has 1 rings (SSSR count). The highest BCUT2D eigenvalue weighted by atomic mass is 79.9. The van der Waals surface area contributed by atoms with Crippen molar-refractivity contribution in [3.63, 3.8) is 0 Å². The van der Waals surface area contributed by atoms with Gasteiger partial charge in [0.25, 0.3) is 0 Å².